The van der Waals surface area contributed by atoms with Gasteiger partial charge < -0.3 is 4.57 Å². The Labute approximate surface area is 301 Å². The first-order valence-electron chi connectivity index (χ1n) is 17.6. The highest BCUT2D eigenvalue weighted by Crippen LogP contribution is 2.36. The van der Waals surface area contributed by atoms with E-state index in [0.717, 1.165) is 28.3 Å². The van der Waals surface area contributed by atoms with Crippen LogP contribution in [0.5, 0.6) is 0 Å². The first-order chi connectivity index (χ1) is 25.8. The third-order valence-corrected chi connectivity index (χ3v) is 10.0. The van der Waals surface area contributed by atoms with Crippen LogP contribution in [0.3, 0.4) is 0 Å². The topological polar surface area (TPSA) is 35.6 Å². The number of hydrogen-bond acceptors (Lipinski definition) is 2. The summed E-state index contributed by atoms with van der Waals surface area (Å²) in [5, 5.41) is 9.98. The largest absolute Gasteiger partial charge is 0.309 e. The Kier molecular flexibility index (Phi) is 7.10. The minimum absolute atomic E-state index is 0.699. The van der Waals surface area contributed by atoms with Crippen molar-refractivity contribution in [2.24, 2.45) is 0 Å². The molecule has 0 aliphatic rings. The summed E-state index contributed by atoms with van der Waals surface area (Å²) in [5.74, 6) is 1.51. The van der Waals surface area contributed by atoms with Gasteiger partial charge in [0.1, 0.15) is 0 Å². The lowest BCUT2D eigenvalue weighted by Gasteiger charge is -2.11. The van der Waals surface area contributed by atoms with Crippen molar-refractivity contribution >= 4 is 32.6 Å². The molecule has 52 heavy (non-hydrogen) atoms. The summed E-state index contributed by atoms with van der Waals surface area (Å²) < 4.78 is 4.31. The molecule has 0 unspecified atom stereocenters. The number of rotatable bonds is 6. The Morgan fingerprint density at radius 1 is 0.365 bits per heavy atom. The molecule has 2 heterocycles. The van der Waals surface area contributed by atoms with Crippen molar-refractivity contribution in [2.45, 2.75) is 0 Å². The van der Waals surface area contributed by atoms with E-state index < -0.39 is 0 Å². The van der Waals surface area contributed by atoms with Gasteiger partial charge in [0.2, 0.25) is 0 Å². The van der Waals surface area contributed by atoms with Crippen LogP contribution in [0.4, 0.5) is 0 Å². The van der Waals surface area contributed by atoms with Crippen molar-refractivity contribution in [1.82, 2.24) is 19.3 Å². The molecule has 10 aromatic rings. The Morgan fingerprint density at radius 2 is 0.962 bits per heavy atom. The highest BCUT2D eigenvalue weighted by Gasteiger charge is 2.17. The van der Waals surface area contributed by atoms with Gasteiger partial charge in [-0.3, -0.25) is 0 Å². The number of para-hydroxylation sites is 1. The van der Waals surface area contributed by atoms with Crippen molar-refractivity contribution < 1.29 is 0 Å². The number of hydrogen-bond donors (Lipinski definition) is 0. The van der Waals surface area contributed by atoms with Gasteiger partial charge >= 0.3 is 0 Å². The fourth-order valence-corrected chi connectivity index (χ4v) is 7.47. The van der Waals surface area contributed by atoms with E-state index in [1.807, 2.05) is 53.2 Å². The Morgan fingerprint density at radius 3 is 1.75 bits per heavy atom. The second-order valence-electron chi connectivity index (χ2n) is 13.1. The highest BCUT2D eigenvalue weighted by molar-refractivity contribution is 6.10. The molecule has 4 nitrogen and oxygen atoms in total. The Hall–Kier alpha value is -7.04. The van der Waals surface area contributed by atoms with E-state index in [1.165, 1.54) is 54.8 Å². The van der Waals surface area contributed by atoms with E-state index in [-0.39, 0.29) is 0 Å². The third-order valence-electron chi connectivity index (χ3n) is 10.0. The second-order valence-corrected chi connectivity index (χ2v) is 13.1. The van der Waals surface area contributed by atoms with Gasteiger partial charge in [-0.05, 0) is 75.5 Å². The molecule has 0 radical (unpaired) electrons. The summed E-state index contributed by atoms with van der Waals surface area (Å²) in [6.07, 6.45) is 0. The maximum absolute atomic E-state index is 4.99. The molecule has 0 aliphatic heterocycles. The summed E-state index contributed by atoms with van der Waals surface area (Å²) in [7, 11) is 0. The minimum atomic E-state index is 0.699. The van der Waals surface area contributed by atoms with Crippen molar-refractivity contribution in [3.05, 3.63) is 194 Å². The molecule has 0 amide bonds. The van der Waals surface area contributed by atoms with Crippen molar-refractivity contribution in [1.29, 1.82) is 0 Å². The van der Waals surface area contributed by atoms with Crippen LogP contribution >= 0.6 is 0 Å². The zero-order valence-corrected chi connectivity index (χ0v) is 28.3. The SMILES string of the molecule is c1ccc(-c2nc(-c3ccccc3)n(-c3ccc(-n4c5ccccc5c5cc(-c6ccc(-c7cccc8ccccc78)cc6)ccc54)cc3)n2)cc1. The van der Waals surface area contributed by atoms with Crippen molar-refractivity contribution in [3.8, 4) is 56.4 Å². The molecule has 244 valence electrons. The summed E-state index contributed by atoms with van der Waals surface area (Å²) in [5.41, 5.74) is 11.3. The maximum Gasteiger partial charge on any atom is 0.182 e. The molecule has 0 aliphatic carbocycles. The number of fused-ring (bicyclic) bond motifs is 4. The lowest BCUT2D eigenvalue weighted by molar-refractivity contribution is 0.889. The van der Waals surface area contributed by atoms with E-state index >= 15 is 0 Å². The van der Waals surface area contributed by atoms with Crippen LogP contribution in [0.15, 0.2) is 194 Å². The Balaban J connectivity index is 1.03. The third kappa shape index (κ3) is 5.09. The average molecular weight is 665 g/mol. The molecule has 4 heteroatoms. The van der Waals surface area contributed by atoms with Gasteiger partial charge in [0.15, 0.2) is 11.6 Å². The molecule has 8 aromatic carbocycles. The van der Waals surface area contributed by atoms with Gasteiger partial charge in [-0.1, -0.05) is 152 Å². The average Bonchev–Trinajstić information content (AvgIpc) is 3.82. The molecule has 0 saturated heterocycles. The van der Waals surface area contributed by atoms with Crippen LogP contribution in [-0.2, 0) is 0 Å². The first-order valence-corrected chi connectivity index (χ1v) is 17.6. The lowest BCUT2D eigenvalue weighted by Crippen LogP contribution is -2.01. The number of nitrogens with zero attached hydrogens (tertiary/aromatic N) is 4. The van der Waals surface area contributed by atoms with Crippen LogP contribution in [0.1, 0.15) is 0 Å². The van der Waals surface area contributed by atoms with Crippen molar-refractivity contribution in [2.75, 3.05) is 0 Å². The highest BCUT2D eigenvalue weighted by atomic mass is 15.4. The van der Waals surface area contributed by atoms with Crippen LogP contribution in [-0.4, -0.2) is 19.3 Å². The second kappa shape index (κ2) is 12.4. The van der Waals surface area contributed by atoms with Crippen LogP contribution < -0.4 is 0 Å². The van der Waals surface area contributed by atoms with E-state index in [4.69, 9.17) is 10.1 Å². The van der Waals surface area contributed by atoms with Gasteiger partial charge in [-0.25, -0.2) is 9.67 Å². The predicted octanol–water partition coefficient (Wildman–Crippen LogP) is 12.2. The molecule has 0 bridgehead atoms. The lowest BCUT2D eigenvalue weighted by atomic mass is 9.96. The van der Waals surface area contributed by atoms with E-state index in [1.54, 1.807) is 0 Å². The summed E-state index contributed by atoms with van der Waals surface area (Å²) in [6.45, 7) is 0. The summed E-state index contributed by atoms with van der Waals surface area (Å²) in [6, 6.07) is 68.6. The van der Waals surface area contributed by atoms with E-state index in [0.29, 0.717) is 5.82 Å². The summed E-state index contributed by atoms with van der Waals surface area (Å²) in [4.78, 5) is 4.99. The molecule has 0 atom stereocenters. The smallest absolute Gasteiger partial charge is 0.182 e. The van der Waals surface area contributed by atoms with Crippen LogP contribution in [0, 0.1) is 0 Å². The minimum Gasteiger partial charge on any atom is -0.309 e. The van der Waals surface area contributed by atoms with Crippen LogP contribution in [0.25, 0.3) is 89.0 Å². The quantitative estimate of drug-likeness (QED) is 0.177. The number of aromatic nitrogens is 4. The normalized spacial score (nSPS) is 11.5. The monoisotopic (exact) mass is 664 g/mol. The fraction of sp³-hybridized carbons (Fsp3) is 0. The van der Waals surface area contributed by atoms with Gasteiger partial charge in [0, 0.05) is 27.6 Å². The van der Waals surface area contributed by atoms with E-state index in [2.05, 4.69) is 150 Å². The van der Waals surface area contributed by atoms with Gasteiger partial charge in [0.25, 0.3) is 0 Å². The Bertz CT molecular complexity index is 2860. The standard InChI is InChI=1S/C48H32N4/c1-3-13-36(14-4-1)47-49-48(37-15-5-2-6-16-37)52(50-47)40-29-27-39(28-30-40)51-45-21-10-9-19-43(45)44-32-38(26-31-46(44)51)33-22-24-35(25-23-33)42-20-11-17-34-12-7-8-18-41(34)42/h1-32H. The van der Waals surface area contributed by atoms with Gasteiger partial charge in [-0.2, -0.15) is 0 Å². The van der Waals surface area contributed by atoms with Crippen molar-refractivity contribution in [3.63, 3.8) is 0 Å². The number of benzene rings is 8. The molecule has 0 N–H and O–H groups in total. The van der Waals surface area contributed by atoms with Gasteiger partial charge in [0.05, 0.1) is 16.7 Å². The van der Waals surface area contributed by atoms with Crippen LogP contribution in [0.2, 0.25) is 0 Å². The zero-order valence-electron chi connectivity index (χ0n) is 28.3. The first kappa shape index (κ1) is 29.8. The molecular weight excluding hydrogens is 633 g/mol. The molecule has 2 aromatic heterocycles. The molecular formula is C48H32N4. The molecule has 0 fully saturated rings. The van der Waals surface area contributed by atoms with E-state index in [9.17, 15) is 0 Å². The zero-order chi connectivity index (χ0) is 34.4. The maximum atomic E-state index is 4.99. The molecule has 0 spiro atoms. The fourth-order valence-electron chi connectivity index (χ4n) is 7.47. The predicted molar refractivity (Wildman–Crippen MR) is 215 cm³/mol. The van der Waals surface area contributed by atoms with Gasteiger partial charge in [-0.15, -0.1) is 5.10 Å². The molecule has 0 saturated carbocycles. The summed E-state index contributed by atoms with van der Waals surface area (Å²) >= 11 is 0. The molecule has 10 rings (SSSR count).